The molecule has 1 atom stereocenters. The van der Waals surface area contributed by atoms with Crippen LogP contribution in [0.3, 0.4) is 0 Å². The Morgan fingerprint density at radius 1 is 1.25 bits per heavy atom. The molecule has 5 heteroatoms. The minimum Gasteiger partial charge on any atom is -0.508 e. The van der Waals surface area contributed by atoms with Gasteiger partial charge in [-0.25, -0.2) is 5.01 Å². The first kappa shape index (κ1) is 16.1. The monoisotopic (exact) mass is 324 g/mol. The summed E-state index contributed by atoms with van der Waals surface area (Å²) in [7, 11) is 1.62. The molecule has 1 heterocycles. The van der Waals surface area contributed by atoms with E-state index >= 15 is 0 Å². The first-order valence-electron chi connectivity index (χ1n) is 7.96. The quantitative estimate of drug-likeness (QED) is 0.936. The molecule has 124 valence electrons. The number of hydrazone groups is 1. The highest BCUT2D eigenvalue weighted by Gasteiger charge is 2.33. The standard InChI is InChI=1S/C19H20N2O3/c1-3-19(23)21-17(15-6-4-5-7-18(15)22)12-16(20-21)13-8-10-14(24-2)11-9-13/h4-11,17,22H,3,12H2,1-2H3. The second-order valence-electron chi connectivity index (χ2n) is 5.65. The molecule has 2 aromatic carbocycles. The highest BCUT2D eigenvalue weighted by Crippen LogP contribution is 2.37. The molecule has 0 radical (unpaired) electrons. The van der Waals surface area contributed by atoms with E-state index in [1.54, 1.807) is 19.2 Å². The Hall–Kier alpha value is -2.82. The third kappa shape index (κ3) is 2.97. The number of aromatic hydroxyl groups is 1. The third-order valence-corrected chi connectivity index (χ3v) is 4.19. The number of amides is 1. The molecule has 0 bridgehead atoms. The number of nitrogens with zero attached hydrogens (tertiary/aromatic N) is 2. The molecule has 0 saturated heterocycles. The molecule has 0 fully saturated rings. The number of phenolic OH excluding ortho intramolecular Hbond substituents is 1. The number of ether oxygens (including phenoxy) is 1. The van der Waals surface area contributed by atoms with Crippen LogP contribution in [0.2, 0.25) is 0 Å². The summed E-state index contributed by atoms with van der Waals surface area (Å²) in [6.45, 7) is 1.81. The fourth-order valence-corrected chi connectivity index (χ4v) is 2.87. The van der Waals surface area contributed by atoms with Crippen LogP contribution in [0.1, 0.15) is 36.9 Å². The van der Waals surface area contributed by atoms with E-state index in [0.29, 0.717) is 18.4 Å². The van der Waals surface area contributed by atoms with Gasteiger partial charge in [0.15, 0.2) is 0 Å². The number of phenols is 1. The van der Waals surface area contributed by atoms with Crippen molar-refractivity contribution < 1.29 is 14.6 Å². The average molecular weight is 324 g/mol. The lowest BCUT2D eigenvalue weighted by Gasteiger charge is -2.22. The lowest BCUT2D eigenvalue weighted by Crippen LogP contribution is -2.26. The topological polar surface area (TPSA) is 62.1 Å². The Kier molecular flexibility index (Phi) is 4.51. The van der Waals surface area contributed by atoms with Crippen molar-refractivity contribution in [1.82, 2.24) is 5.01 Å². The Labute approximate surface area is 141 Å². The Morgan fingerprint density at radius 3 is 2.58 bits per heavy atom. The molecule has 0 saturated carbocycles. The maximum atomic E-state index is 12.3. The van der Waals surface area contributed by atoms with Gasteiger partial charge in [0.25, 0.3) is 0 Å². The number of rotatable bonds is 4. The van der Waals surface area contributed by atoms with Crippen molar-refractivity contribution >= 4 is 11.6 Å². The molecule has 24 heavy (non-hydrogen) atoms. The Bertz CT molecular complexity index is 768. The Morgan fingerprint density at radius 2 is 1.96 bits per heavy atom. The zero-order valence-electron chi connectivity index (χ0n) is 13.8. The molecule has 1 unspecified atom stereocenters. The zero-order chi connectivity index (χ0) is 17.1. The van der Waals surface area contributed by atoms with Crippen molar-refractivity contribution in [3.63, 3.8) is 0 Å². The van der Waals surface area contributed by atoms with Crippen LogP contribution in [0.4, 0.5) is 0 Å². The first-order valence-corrected chi connectivity index (χ1v) is 7.96. The lowest BCUT2D eigenvalue weighted by molar-refractivity contribution is -0.132. The highest BCUT2D eigenvalue weighted by molar-refractivity contribution is 6.03. The molecule has 1 aliphatic rings. The zero-order valence-corrected chi connectivity index (χ0v) is 13.8. The summed E-state index contributed by atoms with van der Waals surface area (Å²) < 4.78 is 5.18. The van der Waals surface area contributed by atoms with E-state index in [2.05, 4.69) is 5.10 Å². The minimum absolute atomic E-state index is 0.0632. The summed E-state index contributed by atoms with van der Waals surface area (Å²) in [5.74, 6) is 0.894. The lowest BCUT2D eigenvalue weighted by atomic mass is 9.97. The van der Waals surface area contributed by atoms with Crippen molar-refractivity contribution in [1.29, 1.82) is 0 Å². The SMILES string of the molecule is CCC(=O)N1N=C(c2ccc(OC)cc2)CC1c1ccccc1O. The van der Waals surface area contributed by atoms with Crippen LogP contribution in [0.5, 0.6) is 11.5 Å². The summed E-state index contributed by atoms with van der Waals surface area (Å²) in [6.07, 6.45) is 0.930. The average Bonchev–Trinajstić information content (AvgIpc) is 3.06. The smallest absolute Gasteiger partial charge is 0.242 e. The van der Waals surface area contributed by atoms with Gasteiger partial charge in [-0.15, -0.1) is 0 Å². The number of carbonyl (C=O) groups excluding carboxylic acids is 1. The van der Waals surface area contributed by atoms with Crippen LogP contribution in [0.25, 0.3) is 0 Å². The number of hydrogen-bond acceptors (Lipinski definition) is 4. The van der Waals surface area contributed by atoms with Gasteiger partial charge >= 0.3 is 0 Å². The largest absolute Gasteiger partial charge is 0.508 e. The predicted octanol–water partition coefficient (Wildman–Crippen LogP) is 3.49. The summed E-state index contributed by atoms with van der Waals surface area (Å²) in [4.78, 5) is 12.3. The third-order valence-electron chi connectivity index (χ3n) is 4.19. The normalized spacial score (nSPS) is 16.8. The van der Waals surface area contributed by atoms with Gasteiger partial charge in [0.05, 0.1) is 18.9 Å². The second kappa shape index (κ2) is 6.74. The molecule has 1 N–H and O–H groups in total. The van der Waals surface area contributed by atoms with Gasteiger partial charge < -0.3 is 9.84 Å². The molecule has 2 aromatic rings. The van der Waals surface area contributed by atoms with Gasteiger partial charge in [-0.3, -0.25) is 4.79 Å². The van der Waals surface area contributed by atoms with Crippen LogP contribution in [-0.2, 0) is 4.79 Å². The molecule has 0 spiro atoms. The van der Waals surface area contributed by atoms with Gasteiger partial charge in [-0.1, -0.05) is 25.1 Å². The maximum Gasteiger partial charge on any atom is 0.242 e. The maximum absolute atomic E-state index is 12.3. The number of hydrogen-bond donors (Lipinski definition) is 1. The van der Waals surface area contributed by atoms with E-state index in [0.717, 1.165) is 17.0 Å². The van der Waals surface area contributed by atoms with Crippen LogP contribution in [0, 0.1) is 0 Å². The van der Waals surface area contributed by atoms with Gasteiger partial charge in [-0.2, -0.15) is 5.10 Å². The van der Waals surface area contributed by atoms with E-state index in [-0.39, 0.29) is 17.7 Å². The second-order valence-corrected chi connectivity index (χ2v) is 5.65. The molecule has 5 nitrogen and oxygen atoms in total. The van der Waals surface area contributed by atoms with E-state index in [1.165, 1.54) is 5.01 Å². The molecule has 0 aliphatic carbocycles. The minimum atomic E-state index is -0.282. The van der Waals surface area contributed by atoms with Crippen molar-refractivity contribution in [2.24, 2.45) is 5.10 Å². The fraction of sp³-hybridized carbons (Fsp3) is 0.263. The molecule has 0 aromatic heterocycles. The fourth-order valence-electron chi connectivity index (χ4n) is 2.87. The van der Waals surface area contributed by atoms with Crippen molar-refractivity contribution in [2.75, 3.05) is 7.11 Å². The van der Waals surface area contributed by atoms with Crippen molar-refractivity contribution in [3.05, 3.63) is 59.7 Å². The highest BCUT2D eigenvalue weighted by atomic mass is 16.5. The summed E-state index contributed by atoms with van der Waals surface area (Å²) >= 11 is 0. The van der Waals surface area contributed by atoms with E-state index in [9.17, 15) is 9.90 Å². The van der Waals surface area contributed by atoms with Crippen LogP contribution < -0.4 is 4.74 Å². The van der Waals surface area contributed by atoms with Gasteiger partial charge in [0, 0.05) is 18.4 Å². The van der Waals surface area contributed by atoms with E-state index in [4.69, 9.17) is 4.74 Å². The molecular weight excluding hydrogens is 304 g/mol. The molecular formula is C19H20N2O3. The number of carbonyl (C=O) groups is 1. The van der Waals surface area contributed by atoms with Gasteiger partial charge in [0.2, 0.25) is 5.91 Å². The van der Waals surface area contributed by atoms with Crippen molar-refractivity contribution in [2.45, 2.75) is 25.8 Å². The van der Waals surface area contributed by atoms with Gasteiger partial charge in [-0.05, 0) is 35.9 Å². The van der Waals surface area contributed by atoms with E-state index in [1.807, 2.05) is 43.3 Å². The number of para-hydroxylation sites is 1. The summed E-state index contributed by atoms with van der Waals surface area (Å²) in [5.41, 5.74) is 2.49. The molecule has 1 amide bonds. The van der Waals surface area contributed by atoms with Crippen LogP contribution in [0.15, 0.2) is 53.6 Å². The number of methoxy groups -OCH3 is 1. The Balaban J connectivity index is 1.95. The molecule has 3 rings (SSSR count). The van der Waals surface area contributed by atoms with Gasteiger partial charge in [0.1, 0.15) is 11.5 Å². The van der Waals surface area contributed by atoms with Crippen LogP contribution in [-0.4, -0.2) is 28.8 Å². The summed E-state index contributed by atoms with van der Waals surface area (Å²) in [6, 6.07) is 14.4. The van der Waals surface area contributed by atoms with Crippen LogP contribution >= 0.6 is 0 Å². The van der Waals surface area contributed by atoms with E-state index < -0.39 is 0 Å². The first-order chi connectivity index (χ1) is 11.6. The summed E-state index contributed by atoms with van der Waals surface area (Å²) in [5, 5.41) is 16.2. The molecule has 1 aliphatic heterocycles. The number of benzene rings is 2. The predicted molar refractivity (Wildman–Crippen MR) is 92.1 cm³/mol. The van der Waals surface area contributed by atoms with Crippen molar-refractivity contribution in [3.8, 4) is 11.5 Å².